The molecule has 154 valence electrons. The average Bonchev–Trinajstić information content (AvgIpc) is 3.11. The van der Waals surface area contributed by atoms with Gasteiger partial charge in [-0.3, -0.25) is 4.79 Å². The SMILES string of the molecule is CCOC(=O)[C@H](C)Sc1ccc2nnc(CCNS(=O)(=O)c3ccccc3)n2n1. The Labute approximate surface area is 172 Å². The minimum Gasteiger partial charge on any atom is -0.465 e. The zero-order valence-electron chi connectivity index (χ0n) is 16.0. The van der Waals surface area contributed by atoms with Crippen LogP contribution in [0.3, 0.4) is 0 Å². The molecular formula is C18H21N5O4S2. The number of sulfonamides is 1. The number of hydrogen-bond donors (Lipinski definition) is 1. The number of benzene rings is 1. The van der Waals surface area contributed by atoms with Gasteiger partial charge in [-0.05, 0) is 38.1 Å². The van der Waals surface area contributed by atoms with Crippen molar-refractivity contribution >= 4 is 33.4 Å². The average molecular weight is 436 g/mol. The number of rotatable bonds is 9. The first kappa shape index (κ1) is 21.2. The Morgan fingerprint density at radius 3 is 2.69 bits per heavy atom. The van der Waals surface area contributed by atoms with E-state index in [2.05, 4.69) is 20.0 Å². The van der Waals surface area contributed by atoms with E-state index in [1.165, 1.54) is 23.9 Å². The Morgan fingerprint density at radius 2 is 1.97 bits per heavy atom. The first-order valence-corrected chi connectivity index (χ1v) is 11.4. The molecule has 0 saturated carbocycles. The number of nitrogens with one attached hydrogen (secondary N) is 1. The molecule has 1 atom stereocenters. The van der Waals surface area contributed by atoms with Crippen molar-refractivity contribution < 1.29 is 17.9 Å². The summed E-state index contributed by atoms with van der Waals surface area (Å²) < 4.78 is 33.7. The third-order valence-corrected chi connectivity index (χ3v) is 6.40. The minimum absolute atomic E-state index is 0.149. The maximum Gasteiger partial charge on any atom is 0.319 e. The molecule has 0 aliphatic heterocycles. The lowest BCUT2D eigenvalue weighted by atomic mass is 10.4. The molecule has 3 rings (SSSR count). The Hall–Kier alpha value is -2.50. The van der Waals surface area contributed by atoms with E-state index in [0.717, 1.165) is 0 Å². The predicted octanol–water partition coefficient (Wildman–Crippen LogP) is 1.69. The molecular weight excluding hydrogens is 414 g/mol. The summed E-state index contributed by atoms with van der Waals surface area (Å²) in [5.41, 5.74) is 0.541. The van der Waals surface area contributed by atoms with Crippen LogP contribution in [-0.2, 0) is 26.0 Å². The van der Waals surface area contributed by atoms with Crippen molar-refractivity contribution in [2.24, 2.45) is 0 Å². The number of nitrogens with zero attached hydrogens (tertiary/aromatic N) is 4. The maximum atomic E-state index is 12.3. The second-order valence-electron chi connectivity index (χ2n) is 6.03. The van der Waals surface area contributed by atoms with E-state index in [0.29, 0.717) is 29.5 Å². The number of ether oxygens (including phenoxy) is 1. The smallest absolute Gasteiger partial charge is 0.319 e. The molecule has 0 spiro atoms. The molecule has 0 aliphatic rings. The maximum absolute atomic E-state index is 12.3. The number of thioether (sulfide) groups is 1. The molecule has 2 aromatic heterocycles. The Bertz CT molecular complexity index is 1090. The van der Waals surface area contributed by atoms with Crippen molar-refractivity contribution in [1.82, 2.24) is 24.5 Å². The van der Waals surface area contributed by atoms with Crippen molar-refractivity contribution in [3.63, 3.8) is 0 Å². The van der Waals surface area contributed by atoms with E-state index < -0.39 is 15.3 Å². The van der Waals surface area contributed by atoms with Gasteiger partial charge in [-0.25, -0.2) is 13.1 Å². The van der Waals surface area contributed by atoms with Gasteiger partial charge >= 0.3 is 5.97 Å². The summed E-state index contributed by atoms with van der Waals surface area (Å²) in [5.74, 6) is 0.209. The number of esters is 1. The van der Waals surface area contributed by atoms with Gasteiger partial charge < -0.3 is 4.74 Å². The lowest BCUT2D eigenvalue weighted by molar-refractivity contribution is -0.142. The molecule has 0 aliphatic carbocycles. The zero-order chi connectivity index (χ0) is 20.9. The minimum atomic E-state index is -3.59. The number of carbonyl (C=O) groups is 1. The fourth-order valence-corrected chi connectivity index (χ4v) is 4.36. The van der Waals surface area contributed by atoms with E-state index in [9.17, 15) is 13.2 Å². The molecule has 2 heterocycles. The highest BCUT2D eigenvalue weighted by Crippen LogP contribution is 2.22. The standard InChI is InChI=1S/C18H21N5O4S2/c1-3-27-18(24)13(2)28-17-10-9-15-20-21-16(23(15)22-17)11-12-19-29(25,26)14-7-5-4-6-8-14/h4-10,13,19H,3,11-12H2,1-2H3/t13-/m0/s1. The van der Waals surface area contributed by atoms with Gasteiger partial charge in [-0.15, -0.1) is 10.2 Å². The van der Waals surface area contributed by atoms with Crippen LogP contribution in [0.25, 0.3) is 5.65 Å². The molecule has 11 heteroatoms. The van der Waals surface area contributed by atoms with E-state index in [-0.39, 0.29) is 17.4 Å². The van der Waals surface area contributed by atoms with Gasteiger partial charge in [-0.2, -0.15) is 9.61 Å². The lowest BCUT2D eigenvalue weighted by Crippen LogP contribution is -2.26. The zero-order valence-corrected chi connectivity index (χ0v) is 17.6. The molecule has 1 N–H and O–H groups in total. The molecule has 0 saturated heterocycles. The molecule has 9 nitrogen and oxygen atoms in total. The van der Waals surface area contributed by atoms with Crippen LogP contribution in [0, 0.1) is 0 Å². The Morgan fingerprint density at radius 1 is 1.21 bits per heavy atom. The van der Waals surface area contributed by atoms with Crippen molar-refractivity contribution in [2.45, 2.75) is 35.4 Å². The second kappa shape index (κ2) is 9.33. The molecule has 0 unspecified atom stereocenters. The van der Waals surface area contributed by atoms with Crippen LogP contribution in [0.15, 0.2) is 52.4 Å². The quantitative estimate of drug-likeness (QED) is 0.399. The third-order valence-electron chi connectivity index (χ3n) is 3.91. The summed E-state index contributed by atoms with van der Waals surface area (Å²) in [6, 6.07) is 11.7. The van der Waals surface area contributed by atoms with Crippen LogP contribution in [0.1, 0.15) is 19.7 Å². The van der Waals surface area contributed by atoms with Gasteiger partial charge in [0.25, 0.3) is 0 Å². The van der Waals surface area contributed by atoms with Gasteiger partial charge in [0.15, 0.2) is 11.5 Å². The van der Waals surface area contributed by atoms with Gasteiger partial charge in [-0.1, -0.05) is 30.0 Å². The highest BCUT2D eigenvalue weighted by atomic mass is 32.2. The molecule has 0 fully saturated rings. The summed E-state index contributed by atoms with van der Waals surface area (Å²) in [5, 5.41) is 12.8. The first-order valence-electron chi connectivity index (χ1n) is 9.00. The first-order chi connectivity index (χ1) is 13.9. The molecule has 3 aromatic rings. The molecule has 29 heavy (non-hydrogen) atoms. The van der Waals surface area contributed by atoms with Crippen LogP contribution in [0.2, 0.25) is 0 Å². The fourth-order valence-electron chi connectivity index (χ4n) is 2.50. The van der Waals surface area contributed by atoms with Crippen LogP contribution < -0.4 is 4.72 Å². The van der Waals surface area contributed by atoms with Crippen molar-refractivity contribution in [1.29, 1.82) is 0 Å². The highest BCUT2D eigenvalue weighted by Gasteiger charge is 2.18. The summed E-state index contributed by atoms with van der Waals surface area (Å²) in [6.07, 6.45) is 0.307. The topological polar surface area (TPSA) is 116 Å². The molecule has 1 aromatic carbocycles. The van der Waals surface area contributed by atoms with Crippen LogP contribution in [-0.4, -0.2) is 52.6 Å². The van der Waals surface area contributed by atoms with Gasteiger partial charge in [0.05, 0.1) is 11.5 Å². The summed E-state index contributed by atoms with van der Waals surface area (Å²) in [6.45, 7) is 3.98. The number of aromatic nitrogens is 4. The number of carbonyl (C=O) groups excluding carboxylic acids is 1. The van der Waals surface area contributed by atoms with E-state index in [1.54, 1.807) is 48.7 Å². The summed E-state index contributed by atoms with van der Waals surface area (Å²) in [4.78, 5) is 12.0. The van der Waals surface area contributed by atoms with Crippen LogP contribution in [0.5, 0.6) is 0 Å². The lowest BCUT2D eigenvalue weighted by Gasteiger charge is -2.09. The molecule has 0 radical (unpaired) electrons. The number of hydrogen-bond acceptors (Lipinski definition) is 8. The van der Waals surface area contributed by atoms with Gasteiger partial charge in [0.2, 0.25) is 10.0 Å². The highest BCUT2D eigenvalue weighted by molar-refractivity contribution is 8.00. The van der Waals surface area contributed by atoms with Gasteiger partial charge in [0, 0.05) is 13.0 Å². The van der Waals surface area contributed by atoms with Crippen LogP contribution in [0.4, 0.5) is 0 Å². The predicted molar refractivity (Wildman–Crippen MR) is 108 cm³/mol. The van der Waals surface area contributed by atoms with Crippen molar-refractivity contribution in [3.05, 3.63) is 48.3 Å². The normalized spacial score (nSPS) is 12.8. The summed E-state index contributed by atoms with van der Waals surface area (Å²) in [7, 11) is -3.59. The third kappa shape index (κ3) is 5.31. The fraction of sp³-hybridized carbons (Fsp3) is 0.333. The van der Waals surface area contributed by atoms with E-state index >= 15 is 0 Å². The Kier molecular flexibility index (Phi) is 6.83. The molecule has 0 amide bonds. The monoisotopic (exact) mass is 435 g/mol. The Balaban J connectivity index is 1.68. The second-order valence-corrected chi connectivity index (χ2v) is 9.16. The van der Waals surface area contributed by atoms with Crippen molar-refractivity contribution in [2.75, 3.05) is 13.2 Å². The van der Waals surface area contributed by atoms with Crippen molar-refractivity contribution in [3.8, 4) is 0 Å². The number of fused-ring (bicyclic) bond motifs is 1. The molecule has 0 bridgehead atoms. The van der Waals surface area contributed by atoms with E-state index in [1.807, 2.05) is 0 Å². The van der Waals surface area contributed by atoms with E-state index in [4.69, 9.17) is 4.74 Å². The largest absolute Gasteiger partial charge is 0.465 e. The summed E-state index contributed by atoms with van der Waals surface area (Å²) >= 11 is 1.27. The van der Waals surface area contributed by atoms with Gasteiger partial charge in [0.1, 0.15) is 10.3 Å². The van der Waals surface area contributed by atoms with Crippen LogP contribution >= 0.6 is 11.8 Å².